The predicted octanol–water partition coefficient (Wildman–Crippen LogP) is 1.94. The third-order valence-electron chi connectivity index (χ3n) is 4.68. The molecule has 2 aromatic rings. The molecule has 0 N–H and O–H groups in total. The molecule has 0 saturated heterocycles. The molecule has 1 atom stereocenters. The van der Waals surface area contributed by atoms with E-state index in [0.29, 0.717) is 0 Å². The first-order chi connectivity index (χ1) is 13.2. The third kappa shape index (κ3) is 3.20. The van der Waals surface area contributed by atoms with E-state index in [0.717, 1.165) is 0 Å². The lowest BCUT2D eigenvalue weighted by molar-refractivity contribution is -0.145. The van der Waals surface area contributed by atoms with Gasteiger partial charge >= 0.3 is 5.97 Å². The molecule has 3 rings (SSSR count). The number of amides is 1. The van der Waals surface area contributed by atoms with E-state index in [2.05, 4.69) is 4.74 Å². The molecule has 0 aliphatic carbocycles. The van der Waals surface area contributed by atoms with Gasteiger partial charge in [-0.25, -0.2) is 8.42 Å². The number of ether oxygens (including phenoxy) is 1. The summed E-state index contributed by atoms with van der Waals surface area (Å²) in [5.74, 6) is -1.84. The van der Waals surface area contributed by atoms with Gasteiger partial charge in [-0.05, 0) is 30.3 Å². The molecule has 146 valence electrons. The molecule has 0 spiro atoms. The Kier molecular flexibility index (Phi) is 5.08. The van der Waals surface area contributed by atoms with Crippen LogP contribution in [0.25, 0.3) is 0 Å². The van der Waals surface area contributed by atoms with E-state index in [4.69, 9.17) is 0 Å². The predicted molar refractivity (Wildman–Crippen MR) is 99.9 cm³/mol. The number of sulfone groups is 1. The van der Waals surface area contributed by atoms with E-state index in [1.165, 1.54) is 49.4 Å². The van der Waals surface area contributed by atoms with Gasteiger partial charge in [0.2, 0.25) is 9.84 Å². The maximum Gasteiger partial charge on any atom is 0.310 e. The number of fused-ring (bicyclic) bond motifs is 2. The highest BCUT2D eigenvalue weighted by atomic mass is 32.2. The number of methoxy groups -OCH3 is 1. The summed E-state index contributed by atoms with van der Waals surface area (Å²) in [4.78, 5) is 38.0. The van der Waals surface area contributed by atoms with Gasteiger partial charge < -0.3 is 9.64 Å². The maximum atomic E-state index is 13.0. The Hall–Kier alpha value is -3.00. The lowest BCUT2D eigenvalue weighted by Gasteiger charge is -2.22. The van der Waals surface area contributed by atoms with Gasteiger partial charge in [0.1, 0.15) is 0 Å². The number of carbonyl (C=O) groups is 3. The number of hydrogen-bond donors (Lipinski definition) is 0. The number of nitrogens with zero attached hydrogens (tertiary/aromatic N) is 1. The van der Waals surface area contributed by atoms with Gasteiger partial charge in [0, 0.05) is 30.3 Å². The zero-order chi connectivity index (χ0) is 20.6. The summed E-state index contributed by atoms with van der Waals surface area (Å²) in [5, 5.41) is 0. The summed E-state index contributed by atoms with van der Waals surface area (Å²) in [6.07, 6.45) is 0. The lowest BCUT2D eigenvalue weighted by Crippen LogP contribution is -2.34. The number of ketones is 1. The second kappa shape index (κ2) is 7.20. The van der Waals surface area contributed by atoms with Gasteiger partial charge in [-0.3, -0.25) is 14.4 Å². The van der Waals surface area contributed by atoms with E-state index in [1.54, 1.807) is 19.1 Å². The molecule has 1 heterocycles. The molecular formula is C20H19NO6S. The molecule has 8 heteroatoms. The Labute approximate surface area is 162 Å². The van der Waals surface area contributed by atoms with Crippen LogP contribution in [0.4, 0.5) is 0 Å². The molecule has 7 nitrogen and oxygen atoms in total. The number of hydrogen-bond acceptors (Lipinski definition) is 6. The fourth-order valence-corrected chi connectivity index (χ4v) is 4.88. The van der Waals surface area contributed by atoms with Crippen molar-refractivity contribution in [2.75, 3.05) is 20.7 Å². The maximum absolute atomic E-state index is 13.0. The smallest absolute Gasteiger partial charge is 0.310 e. The van der Waals surface area contributed by atoms with Crippen LogP contribution in [0.3, 0.4) is 0 Å². The molecule has 1 amide bonds. The Morgan fingerprint density at radius 3 is 2.39 bits per heavy atom. The van der Waals surface area contributed by atoms with Crippen LogP contribution >= 0.6 is 0 Å². The molecule has 2 aromatic carbocycles. The van der Waals surface area contributed by atoms with Gasteiger partial charge in [0.25, 0.3) is 5.91 Å². The summed E-state index contributed by atoms with van der Waals surface area (Å²) >= 11 is 0. The quantitative estimate of drug-likeness (QED) is 0.620. The summed E-state index contributed by atoms with van der Waals surface area (Å²) in [7, 11) is -1.14. The average Bonchev–Trinajstić information content (AvgIpc) is 2.70. The Morgan fingerprint density at radius 2 is 1.71 bits per heavy atom. The van der Waals surface area contributed by atoms with Gasteiger partial charge in [-0.1, -0.05) is 19.1 Å². The van der Waals surface area contributed by atoms with Crippen LogP contribution in [0, 0.1) is 5.92 Å². The van der Waals surface area contributed by atoms with Crippen molar-refractivity contribution >= 4 is 27.5 Å². The van der Waals surface area contributed by atoms with Crippen LogP contribution in [0.15, 0.2) is 52.3 Å². The molecule has 0 bridgehead atoms. The number of carbonyl (C=O) groups excluding carboxylic acids is 3. The number of benzene rings is 2. The minimum absolute atomic E-state index is 0.0424. The first-order valence-corrected chi connectivity index (χ1v) is 10.0. The fraction of sp³-hybridized carbons (Fsp3) is 0.250. The van der Waals surface area contributed by atoms with Crippen LogP contribution in [-0.2, 0) is 19.4 Å². The van der Waals surface area contributed by atoms with E-state index in [9.17, 15) is 22.8 Å². The minimum Gasteiger partial charge on any atom is -0.469 e. The number of rotatable bonds is 4. The van der Waals surface area contributed by atoms with Gasteiger partial charge in [0.15, 0.2) is 5.78 Å². The van der Waals surface area contributed by atoms with Crippen molar-refractivity contribution in [1.29, 1.82) is 0 Å². The van der Waals surface area contributed by atoms with Crippen LogP contribution in [-0.4, -0.2) is 51.7 Å². The fourth-order valence-electron chi connectivity index (χ4n) is 3.21. The first-order valence-electron chi connectivity index (χ1n) is 8.54. The zero-order valence-electron chi connectivity index (χ0n) is 15.6. The minimum atomic E-state index is -3.92. The van der Waals surface area contributed by atoms with Crippen molar-refractivity contribution in [3.05, 3.63) is 59.2 Å². The summed E-state index contributed by atoms with van der Waals surface area (Å²) in [5.41, 5.74) is 0.285. The van der Waals surface area contributed by atoms with Crippen molar-refractivity contribution in [2.24, 2.45) is 5.92 Å². The van der Waals surface area contributed by atoms with Crippen molar-refractivity contribution in [2.45, 2.75) is 16.7 Å². The standard InChI is InChI=1S/C20H19NO6S/c1-12(20(24)27-3)11-21(2)19(23)13-8-9-15-17(10-13)28(25,26)16-7-5-4-6-14(16)18(15)22/h4-10,12H,11H2,1-3H3/t12-/m1/s1. The Bertz CT molecular complexity index is 1090. The second-order valence-electron chi connectivity index (χ2n) is 6.65. The average molecular weight is 401 g/mol. The monoisotopic (exact) mass is 401 g/mol. The largest absolute Gasteiger partial charge is 0.469 e. The molecule has 0 unspecified atom stereocenters. The van der Waals surface area contributed by atoms with Crippen molar-refractivity contribution in [3.8, 4) is 0 Å². The van der Waals surface area contributed by atoms with Gasteiger partial charge in [-0.2, -0.15) is 0 Å². The summed E-state index contributed by atoms with van der Waals surface area (Å²) in [6.45, 7) is 1.74. The molecule has 28 heavy (non-hydrogen) atoms. The van der Waals surface area contributed by atoms with E-state index in [-0.39, 0.29) is 33.0 Å². The molecule has 0 radical (unpaired) electrons. The van der Waals surface area contributed by atoms with Crippen LogP contribution in [0.1, 0.15) is 33.2 Å². The summed E-state index contributed by atoms with van der Waals surface area (Å²) < 4.78 is 30.6. The van der Waals surface area contributed by atoms with Gasteiger partial charge in [0.05, 0.1) is 22.8 Å². The molecule has 0 fully saturated rings. The van der Waals surface area contributed by atoms with Crippen LogP contribution in [0.2, 0.25) is 0 Å². The molecule has 0 aromatic heterocycles. The van der Waals surface area contributed by atoms with Crippen molar-refractivity contribution < 1.29 is 27.5 Å². The van der Waals surface area contributed by atoms with Crippen molar-refractivity contribution in [3.63, 3.8) is 0 Å². The Morgan fingerprint density at radius 1 is 1.07 bits per heavy atom. The summed E-state index contributed by atoms with van der Waals surface area (Å²) in [6, 6.07) is 10.00. The highest BCUT2D eigenvalue weighted by Gasteiger charge is 2.35. The van der Waals surface area contributed by atoms with Crippen LogP contribution in [0.5, 0.6) is 0 Å². The van der Waals surface area contributed by atoms with Crippen LogP contribution < -0.4 is 0 Å². The molecule has 1 aliphatic heterocycles. The van der Waals surface area contributed by atoms with Crippen molar-refractivity contribution in [1.82, 2.24) is 4.90 Å². The SMILES string of the molecule is COC(=O)[C@H](C)CN(C)C(=O)c1ccc2c(c1)S(=O)(=O)c1ccccc1C2=O. The molecular weight excluding hydrogens is 382 g/mol. The van der Waals surface area contributed by atoms with E-state index in [1.807, 2.05) is 0 Å². The topological polar surface area (TPSA) is 97.8 Å². The molecule has 1 aliphatic rings. The lowest BCUT2D eigenvalue weighted by atomic mass is 10.0. The van der Waals surface area contributed by atoms with E-state index < -0.39 is 33.4 Å². The highest BCUT2D eigenvalue weighted by molar-refractivity contribution is 7.91. The normalized spacial score (nSPS) is 15.2. The Balaban J connectivity index is 1.98. The van der Waals surface area contributed by atoms with E-state index >= 15 is 0 Å². The second-order valence-corrected chi connectivity index (χ2v) is 8.54. The van der Waals surface area contributed by atoms with Gasteiger partial charge in [-0.15, -0.1) is 0 Å². The highest BCUT2D eigenvalue weighted by Crippen LogP contribution is 2.34. The third-order valence-corrected chi connectivity index (χ3v) is 6.53. The molecule has 0 saturated carbocycles. The zero-order valence-corrected chi connectivity index (χ0v) is 16.4. The number of esters is 1. The first kappa shape index (κ1) is 19.8.